The van der Waals surface area contributed by atoms with Gasteiger partial charge in [0.05, 0.1) is 11.8 Å². The molecule has 0 bridgehead atoms. The van der Waals surface area contributed by atoms with Gasteiger partial charge in [-0.05, 0) is 52.0 Å². The van der Waals surface area contributed by atoms with Crippen LogP contribution in [-0.4, -0.2) is 34.4 Å². The zero-order valence-electron chi connectivity index (χ0n) is 15.5. The van der Waals surface area contributed by atoms with Crippen LogP contribution in [0.3, 0.4) is 0 Å². The molecule has 1 spiro atoms. The molecule has 1 aromatic rings. The first kappa shape index (κ1) is 17.5. The van der Waals surface area contributed by atoms with Gasteiger partial charge in [-0.1, -0.05) is 12.8 Å². The van der Waals surface area contributed by atoms with Crippen LogP contribution in [0.25, 0.3) is 0 Å². The standard InChI is InChI=1S/C19H31N3O2/c1-5-24-17-12-16(19(17)10-6-7-11-19)20-18(23)9-8-15-13(2)21-22(4)14(15)3/h16-17H,5-12H2,1-4H3,(H,20,23)/t16-,17-/m0/s1. The highest BCUT2D eigenvalue weighted by Gasteiger charge is 2.57. The molecule has 2 atom stereocenters. The van der Waals surface area contributed by atoms with E-state index in [9.17, 15) is 4.79 Å². The second-order valence-electron chi connectivity index (χ2n) is 7.51. The Kier molecular flexibility index (Phi) is 5.00. The van der Waals surface area contributed by atoms with Gasteiger partial charge in [0.1, 0.15) is 0 Å². The second kappa shape index (κ2) is 6.87. The van der Waals surface area contributed by atoms with Crippen molar-refractivity contribution in [2.45, 2.75) is 77.9 Å². The van der Waals surface area contributed by atoms with Crippen LogP contribution in [0, 0.1) is 19.3 Å². The van der Waals surface area contributed by atoms with E-state index >= 15 is 0 Å². The molecule has 0 aliphatic heterocycles. The number of carbonyl (C=O) groups is 1. The van der Waals surface area contributed by atoms with Gasteiger partial charge in [-0.3, -0.25) is 9.48 Å². The highest BCUT2D eigenvalue weighted by Crippen LogP contribution is 2.54. The Bertz CT molecular complexity index is 602. The van der Waals surface area contributed by atoms with Crippen LogP contribution in [-0.2, 0) is 23.0 Å². The molecule has 2 aliphatic carbocycles. The second-order valence-corrected chi connectivity index (χ2v) is 7.51. The molecule has 1 heterocycles. The van der Waals surface area contributed by atoms with Gasteiger partial charge in [0, 0.05) is 37.2 Å². The van der Waals surface area contributed by atoms with Crippen LogP contribution in [0.1, 0.15) is 62.4 Å². The minimum absolute atomic E-state index is 0.170. The molecule has 5 heteroatoms. The van der Waals surface area contributed by atoms with E-state index in [-0.39, 0.29) is 11.3 Å². The van der Waals surface area contributed by atoms with Gasteiger partial charge in [-0.15, -0.1) is 0 Å². The van der Waals surface area contributed by atoms with Gasteiger partial charge in [0.15, 0.2) is 0 Å². The molecule has 0 saturated heterocycles. The Balaban J connectivity index is 1.55. The smallest absolute Gasteiger partial charge is 0.220 e. The number of rotatable bonds is 6. The van der Waals surface area contributed by atoms with Crippen molar-refractivity contribution in [2.24, 2.45) is 12.5 Å². The van der Waals surface area contributed by atoms with Gasteiger partial charge in [0.2, 0.25) is 5.91 Å². The monoisotopic (exact) mass is 333 g/mol. The molecule has 1 N–H and O–H groups in total. The van der Waals surface area contributed by atoms with E-state index in [1.165, 1.54) is 31.2 Å². The molecule has 3 rings (SSSR count). The van der Waals surface area contributed by atoms with E-state index in [2.05, 4.69) is 24.3 Å². The summed E-state index contributed by atoms with van der Waals surface area (Å²) >= 11 is 0. The lowest BCUT2D eigenvalue weighted by atomic mass is 9.60. The molecular formula is C19H31N3O2. The summed E-state index contributed by atoms with van der Waals surface area (Å²) in [6.45, 7) is 6.92. The molecule has 0 radical (unpaired) electrons. The lowest BCUT2D eigenvalue weighted by Gasteiger charge is -2.54. The van der Waals surface area contributed by atoms with Gasteiger partial charge >= 0.3 is 0 Å². The Morgan fingerprint density at radius 1 is 1.38 bits per heavy atom. The third kappa shape index (κ3) is 2.99. The van der Waals surface area contributed by atoms with Gasteiger partial charge in [-0.25, -0.2) is 0 Å². The maximum atomic E-state index is 12.5. The minimum Gasteiger partial charge on any atom is -0.378 e. The van der Waals surface area contributed by atoms with Crippen LogP contribution in [0.15, 0.2) is 0 Å². The molecule has 2 saturated carbocycles. The lowest BCUT2D eigenvalue weighted by Crippen LogP contribution is -2.63. The normalized spacial score (nSPS) is 25.0. The van der Waals surface area contributed by atoms with Gasteiger partial charge in [0.25, 0.3) is 0 Å². The Labute approximate surface area is 145 Å². The van der Waals surface area contributed by atoms with Crippen molar-refractivity contribution >= 4 is 5.91 Å². The number of ether oxygens (including phenoxy) is 1. The minimum atomic E-state index is 0.170. The van der Waals surface area contributed by atoms with Crippen molar-refractivity contribution in [1.29, 1.82) is 0 Å². The Morgan fingerprint density at radius 2 is 2.08 bits per heavy atom. The molecule has 5 nitrogen and oxygen atoms in total. The predicted molar refractivity (Wildman–Crippen MR) is 93.9 cm³/mol. The van der Waals surface area contributed by atoms with Crippen LogP contribution in [0.5, 0.6) is 0 Å². The van der Waals surface area contributed by atoms with E-state index < -0.39 is 0 Å². The summed E-state index contributed by atoms with van der Waals surface area (Å²) in [5.41, 5.74) is 3.62. The van der Waals surface area contributed by atoms with Crippen molar-refractivity contribution in [2.75, 3.05) is 6.61 Å². The molecule has 2 aliphatic rings. The third-order valence-electron chi connectivity index (χ3n) is 6.28. The van der Waals surface area contributed by atoms with Crippen LogP contribution >= 0.6 is 0 Å². The first-order valence-electron chi connectivity index (χ1n) is 9.38. The largest absolute Gasteiger partial charge is 0.378 e. The van der Waals surface area contributed by atoms with E-state index in [1.54, 1.807) is 0 Å². The number of nitrogens with zero attached hydrogens (tertiary/aromatic N) is 2. The van der Waals surface area contributed by atoms with E-state index in [4.69, 9.17) is 4.74 Å². The summed E-state index contributed by atoms with van der Waals surface area (Å²) < 4.78 is 7.83. The summed E-state index contributed by atoms with van der Waals surface area (Å²) in [5.74, 6) is 0.170. The number of hydrogen-bond donors (Lipinski definition) is 1. The van der Waals surface area contributed by atoms with Crippen LogP contribution in [0.4, 0.5) is 0 Å². The molecule has 1 amide bonds. The lowest BCUT2D eigenvalue weighted by molar-refractivity contribution is -0.144. The molecule has 0 aromatic carbocycles. The maximum absolute atomic E-state index is 12.5. The summed E-state index contributed by atoms with van der Waals surface area (Å²) in [6, 6.07) is 0.306. The number of nitrogens with one attached hydrogen (secondary N) is 1. The van der Waals surface area contributed by atoms with Crippen molar-refractivity contribution in [3.8, 4) is 0 Å². The van der Waals surface area contributed by atoms with Crippen LogP contribution < -0.4 is 5.32 Å². The fraction of sp³-hybridized carbons (Fsp3) is 0.789. The topological polar surface area (TPSA) is 56.1 Å². The number of hydrogen-bond acceptors (Lipinski definition) is 3. The molecule has 1 aromatic heterocycles. The molecule has 0 unspecified atom stereocenters. The predicted octanol–water partition coefficient (Wildman–Crippen LogP) is 2.82. The van der Waals surface area contributed by atoms with Crippen molar-refractivity contribution < 1.29 is 9.53 Å². The SMILES string of the molecule is CCO[C@H]1C[C@H](NC(=O)CCc2c(C)nn(C)c2C)C12CCCC2. The summed E-state index contributed by atoms with van der Waals surface area (Å²) in [7, 11) is 1.96. The van der Waals surface area contributed by atoms with Crippen LogP contribution in [0.2, 0.25) is 0 Å². The first-order chi connectivity index (χ1) is 11.5. The maximum Gasteiger partial charge on any atom is 0.220 e. The quantitative estimate of drug-likeness (QED) is 0.871. The molecular weight excluding hydrogens is 302 g/mol. The first-order valence-corrected chi connectivity index (χ1v) is 9.38. The van der Waals surface area contributed by atoms with E-state index in [1.807, 2.05) is 18.7 Å². The third-order valence-corrected chi connectivity index (χ3v) is 6.28. The average Bonchev–Trinajstić information content (AvgIpc) is 3.14. The highest BCUT2D eigenvalue weighted by molar-refractivity contribution is 5.77. The number of amides is 1. The number of aryl methyl sites for hydroxylation is 2. The molecule has 134 valence electrons. The van der Waals surface area contributed by atoms with E-state index in [0.717, 1.165) is 30.8 Å². The summed E-state index contributed by atoms with van der Waals surface area (Å²) in [5, 5.41) is 7.74. The fourth-order valence-electron chi connectivity index (χ4n) is 4.77. The number of carbonyl (C=O) groups excluding carboxylic acids is 1. The van der Waals surface area contributed by atoms with Gasteiger partial charge in [-0.2, -0.15) is 5.10 Å². The number of aromatic nitrogens is 2. The zero-order valence-corrected chi connectivity index (χ0v) is 15.5. The molecule has 24 heavy (non-hydrogen) atoms. The fourth-order valence-corrected chi connectivity index (χ4v) is 4.77. The van der Waals surface area contributed by atoms with Crippen molar-refractivity contribution in [3.05, 3.63) is 17.0 Å². The molecule has 2 fully saturated rings. The van der Waals surface area contributed by atoms with E-state index in [0.29, 0.717) is 18.6 Å². The summed E-state index contributed by atoms with van der Waals surface area (Å²) in [4.78, 5) is 12.5. The average molecular weight is 333 g/mol. The Morgan fingerprint density at radius 3 is 2.67 bits per heavy atom. The highest BCUT2D eigenvalue weighted by atomic mass is 16.5. The zero-order chi connectivity index (χ0) is 17.3. The summed E-state index contributed by atoms with van der Waals surface area (Å²) in [6.07, 6.45) is 7.56. The van der Waals surface area contributed by atoms with Crippen molar-refractivity contribution in [3.63, 3.8) is 0 Å². The van der Waals surface area contributed by atoms with Gasteiger partial charge < -0.3 is 10.1 Å². The van der Waals surface area contributed by atoms with Crippen molar-refractivity contribution in [1.82, 2.24) is 15.1 Å². The Hall–Kier alpha value is -1.36.